The maximum absolute atomic E-state index is 12.9. The van der Waals surface area contributed by atoms with Crippen molar-refractivity contribution in [2.75, 3.05) is 55.1 Å². The predicted octanol–water partition coefficient (Wildman–Crippen LogP) is 4.57. The molecular formula is C30H33N5O5S2. The minimum Gasteiger partial charge on any atom is -0.494 e. The highest BCUT2D eigenvalue weighted by Crippen LogP contribution is 2.30. The summed E-state index contributed by atoms with van der Waals surface area (Å²) in [5.41, 5.74) is 2.97. The number of carbonyl (C=O) groups excluding carboxylic acids is 2. The van der Waals surface area contributed by atoms with Crippen LogP contribution in [0.25, 0.3) is 0 Å². The van der Waals surface area contributed by atoms with Crippen molar-refractivity contribution in [3.63, 3.8) is 0 Å². The Balaban J connectivity index is 1.46. The van der Waals surface area contributed by atoms with E-state index in [-0.39, 0.29) is 22.0 Å². The number of hydrogen-bond acceptors (Lipinski definition) is 8. The van der Waals surface area contributed by atoms with Crippen LogP contribution in [0.4, 0.5) is 17.1 Å². The molecule has 1 aliphatic rings. The Morgan fingerprint density at radius 2 is 1.33 bits per heavy atom. The zero-order valence-electron chi connectivity index (χ0n) is 23.4. The number of benzene rings is 3. The summed E-state index contributed by atoms with van der Waals surface area (Å²) in [6.07, 6.45) is 0. The summed E-state index contributed by atoms with van der Waals surface area (Å²) < 4.78 is 16.5. The second kappa shape index (κ2) is 15.1. The summed E-state index contributed by atoms with van der Waals surface area (Å²) in [6, 6.07) is 19.3. The third-order valence-electron chi connectivity index (χ3n) is 6.12. The van der Waals surface area contributed by atoms with Gasteiger partial charge in [-0.05, 0) is 92.9 Å². The molecule has 3 aromatic rings. The first-order valence-corrected chi connectivity index (χ1v) is 14.3. The number of hydrogen-bond donors (Lipinski definition) is 4. The highest BCUT2D eigenvalue weighted by molar-refractivity contribution is 7.80. The molecule has 4 N–H and O–H groups in total. The largest absolute Gasteiger partial charge is 0.494 e. The van der Waals surface area contributed by atoms with Gasteiger partial charge >= 0.3 is 0 Å². The number of thiocarbonyl (C=S) groups is 2. The van der Waals surface area contributed by atoms with Gasteiger partial charge < -0.3 is 29.7 Å². The van der Waals surface area contributed by atoms with Gasteiger partial charge in [-0.2, -0.15) is 0 Å². The Hall–Kier alpha value is -4.26. The molecule has 0 radical (unpaired) electrons. The summed E-state index contributed by atoms with van der Waals surface area (Å²) >= 11 is 10.9. The number of anilines is 3. The predicted molar refractivity (Wildman–Crippen MR) is 172 cm³/mol. The lowest BCUT2D eigenvalue weighted by molar-refractivity contribution is 0.0969. The molecule has 0 bridgehead atoms. The van der Waals surface area contributed by atoms with Crippen molar-refractivity contribution in [3.05, 3.63) is 77.9 Å². The molecule has 1 aliphatic heterocycles. The number of nitrogens with one attached hydrogen (secondary N) is 4. The van der Waals surface area contributed by atoms with Crippen molar-refractivity contribution in [1.29, 1.82) is 0 Å². The maximum Gasteiger partial charge on any atom is 0.257 e. The molecule has 10 nitrogen and oxygen atoms in total. The number of morpholine rings is 1. The van der Waals surface area contributed by atoms with Crippen LogP contribution in [0.2, 0.25) is 0 Å². The number of rotatable bonds is 9. The second-order valence-electron chi connectivity index (χ2n) is 9.07. The lowest BCUT2D eigenvalue weighted by Gasteiger charge is -2.31. The van der Waals surface area contributed by atoms with Crippen molar-refractivity contribution in [2.24, 2.45) is 0 Å². The van der Waals surface area contributed by atoms with Crippen LogP contribution in [0, 0.1) is 0 Å². The van der Waals surface area contributed by atoms with Crippen molar-refractivity contribution in [3.8, 4) is 11.5 Å². The van der Waals surface area contributed by atoms with Crippen LogP contribution < -0.4 is 35.6 Å². The van der Waals surface area contributed by atoms with Gasteiger partial charge in [0.2, 0.25) is 0 Å². The average molecular weight is 608 g/mol. The molecule has 1 heterocycles. The minimum absolute atomic E-state index is 0.122. The normalized spacial score (nSPS) is 12.6. The van der Waals surface area contributed by atoms with E-state index >= 15 is 0 Å². The van der Waals surface area contributed by atoms with Gasteiger partial charge in [0.05, 0.1) is 37.8 Å². The number of amides is 2. The first-order valence-electron chi connectivity index (χ1n) is 13.5. The van der Waals surface area contributed by atoms with E-state index < -0.39 is 0 Å². The number of ether oxygens (including phenoxy) is 3. The number of nitrogens with zero attached hydrogens (tertiary/aromatic N) is 1. The second-order valence-corrected chi connectivity index (χ2v) is 9.89. The lowest BCUT2D eigenvalue weighted by Crippen LogP contribution is -2.38. The van der Waals surface area contributed by atoms with Gasteiger partial charge in [0.1, 0.15) is 11.5 Å². The summed E-state index contributed by atoms with van der Waals surface area (Å²) in [7, 11) is 0. The van der Waals surface area contributed by atoms with Crippen molar-refractivity contribution >= 4 is 63.5 Å². The molecule has 0 saturated carbocycles. The van der Waals surface area contributed by atoms with E-state index in [1.54, 1.807) is 48.5 Å². The lowest BCUT2D eigenvalue weighted by atomic mass is 10.2. The van der Waals surface area contributed by atoms with Crippen molar-refractivity contribution < 1.29 is 23.8 Å². The third-order valence-corrected chi connectivity index (χ3v) is 6.53. The van der Waals surface area contributed by atoms with Crippen molar-refractivity contribution in [1.82, 2.24) is 10.6 Å². The van der Waals surface area contributed by atoms with Crippen LogP contribution in [0.3, 0.4) is 0 Å². The fourth-order valence-corrected chi connectivity index (χ4v) is 4.66. The average Bonchev–Trinajstić information content (AvgIpc) is 2.98. The quantitative estimate of drug-likeness (QED) is 0.258. The van der Waals surface area contributed by atoms with Gasteiger partial charge in [0.15, 0.2) is 10.2 Å². The molecule has 220 valence electrons. The van der Waals surface area contributed by atoms with E-state index in [0.29, 0.717) is 73.5 Å². The van der Waals surface area contributed by atoms with Gasteiger partial charge in [0, 0.05) is 29.9 Å². The van der Waals surface area contributed by atoms with Gasteiger partial charge in [0.25, 0.3) is 11.8 Å². The Kier molecular flexibility index (Phi) is 11.0. The molecule has 42 heavy (non-hydrogen) atoms. The first kappa shape index (κ1) is 30.7. The summed E-state index contributed by atoms with van der Waals surface area (Å²) in [6.45, 7) is 7.32. The van der Waals surface area contributed by atoms with E-state index in [0.717, 1.165) is 5.69 Å². The van der Waals surface area contributed by atoms with E-state index in [9.17, 15) is 9.59 Å². The van der Waals surface area contributed by atoms with E-state index in [1.807, 2.05) is 32.0 Å². The maximum atomic E-state index is 12.9. The highest BCUT2D eigenvalue weighted by Gasteiger charge is 2.18. The van der Waals surface area contributed by atoms with Crippen LogP contribution in [0.1, 0.15) is 34.6 Å². The topological polar surface area (TPSA) is 113 Å². The monoisotopic (exact) mass is 607 g/mol. The van der Waals surface area contributed by atoms with E-state index in [2.05, 4.69) is 26.2 Å². The molecule has 0 spiro atoms. The van der Waals surface area contributed by atoms with E-state index in [1.165, 1.54) is 0 Å². The fraction of sp³-hybridized carbons (Fsp3) is 0.267. The summed E-state index contributed by atoms with van der Waals surface area (Å²) in [5, 5.41) is 11.9. The fourth-order valence-electron chi connectivity index (χ4n) is 4.25. The molecule has 0 atom stereocenters. The highest BCUT2D eigenvalue weighted by atomic mass is 32.1. The van der Waals surface area contributed by atoms with Gasteiger partial charge in [-0.15, -0.1) is 0 Å². The Bertz CT molecular complexity index is 1450. The third kappa shape index (κ3) is 8.62. The SMILES string of the molecule is CCOc1cccc(C(=O)NC(=S)Nc2ccc(N3CCOCC3)c(NC(=S)NC(=O)c3cccc(OCC)c3)c2)c1. The molecule has 2 amide bonds. The number of carbonyl (C=O) groups is 2. The summed E-state index contributed by atoms with van der Waals surface area (Å²) in [4.78, 5) is 27.8. The van der Waals surface area contributed by atoms with Gasteiger partial charge in [-0.3, -0.25) is 20.2 Å². The Labute approximate surface area is 255 Å². The van der Waals surface area contributed by atoms with Crippen LogP contribution in [-0.2, 0) is 4.74 Å². The smallest absolute Gasteiger partial charge is 0.257 e. The molecular weight excluding hydrogens is 574 g/mol. The molecule has 0 aromatic heterocycles. The molecule has 12 heteroatoms. The van der Waals surface area contributed by atoms with Crippen LogP contribution in [0.15, 0.2) is 66.7 Å². The molecule has 4 rings (SSSR count). The van der Waals surface area contributed by atoms with Gasteiger partial charge in [-0.25, -0.2) is 0 Å². The zero-order chi connectivity index (χ0) is 29.9. The Morgan fingerprint density at radius 1 is 0.786 bits per heavy atom. The first-order chi connectivity index (χ1) is 20.4. The van der Waals surface area contributed by atoms with Crippen LogP contribution >= 0.6 is 24.4 Å². The molecule has 0 aliphatic carbocycles. The molecule has 0 unspecified atom stereocenters. The molecule has 1 saturated heterocycles. The zero-order valence-corrected chi connectivity index (χ0v) is 25.0. The van der Waals surface area contributed by atoms with Gasteiger partial charge in [-0.1, -0.05) is 12.1 Å². The Morgan fingerprint density at radius 3 is 1.88 bits per heavy atom. The van der Waals surface area contributed by atoms with Crippen LogP contribution in [0.5, 0.6) is 11.5 Å². The van der Waals surface area contributed by atoms with Crippen LogP contribution in [-0.4, -0.2) is 61.6 Å². The summed E-state index contributed by atoms with van der Waals surface area (Å²) in [5.74, 6) is 0.467. The standard InChI is InChI=1S/C30H33N5O5S2/c1-3-39-23-9-5-7-20(17-23)27(36)33-29(41)31-22-11-12-26(35-13-15-38-16-14-35)25(19-22)32-30(42)34-28(37)21-8-6-10-24(18-21)40-4-2/h5-12,17-19H,3-4,13-16H2,1-2H3,(H2,31,33,36,41)(H2,32,34,37,42). The van der Waals surface area contributed by atoms with E-state index in [4.69, 9.17) is 38.6 Å². The van der Waals surface area contributed by atoms with Crippen molar-refractivity contribution in [2.45, 2.75) is 13.8 Å². The molecule has 1 fully saturated rings. The minimum atomic E-state index is -0.367. The molecule has 3 aromatic carbocycles.